The zero-order valence-corrected chi connectivity index (χ0v) is 16.6. The number of nitrogens with one attached hydrogen (secondary N) is 2. The summed E-state index contributed by atoms with van der Waals surface area (Å²) in [5.41, 5.74) is 0.811. The number of nitrogens with zero attached hydrogens (tertiary/aromatic N) is 2. The standard InChI is InChI=1S/C19H29F3N4O2/c1-23-18(25-15-4-5-16(27-2)17(12-15)28-3)24-9-6-14-7-10-26(11-8-14)13-19(20,21)22/h4-5,12,14H,6-11,13H2,1-3H3,(H2,23,24,25). The van der Waals surface area contributed by atoms with Gasteiger partial charge in [-0.15, -0.1) is 0 Å². The molecule has 0 spiro atoms. The molecule has 9 heteroatoms. The number of aliphatic imine (C=N–C) groups is 1. The van der Waals surface area contributed by atoms with Gasteiger partial charge in [0.15, 0.2) is 17.5 Å². The Hall–Kier alpha value is -2.16. The summed E-state index contributed by atoms with van der Waals surface area (Å²) in [5, 5.41) is 6.45. The first-order chi connectivity index (χ1) is 13.3. The fourth-order valence-electron chi connectivity index (χ4n) is 3.31. The smallest absolute Gasteiger partial charge is 0.401 e. The number of likely N-dealkylation sites (tertiary alicyclic amines) is 1. The molecule has 1 heterocycles. The number of halogens is 3. The van der Waals surface area contributed by atoms with Crippen LogP contribution in [0.3, 0.4) is 0 Å². The predicted octanol–water partition coefficient (Wildman–Crippen LogP) is 3.36. The van der Waals surface area contributed by atoms with E-state index in [1.807, 2.05) is 18.2 Å². The molecule has 0 unspecified atom stereocenters. The van der Waals surface area contributed by atoms with Crippen molar-refractivity contribution in [1.29, 1.82) is 0 Å². The molecule has 2 N–H and O–H groups in total. The van der Waals surface area contributed by atoms with Crippen LogP contribution in [-0.4, -0.2) is 64.5 Å². The highest BCUT2D eigenvalue weighted by molar-refractivity contribution is 5.93. The third kappa shape index (κ3) is 7.10. The van der Waals surface area contributed by atoms with Crippen LogP contribution < -0.4 is 20.1 Å². The lowest BCUT2D eigenvalue weighted by Crippen LogP contribution is -2.40. The molecule has 1 aliphatic heterocycles. The topological polar surface area (TPSA) is 58.1 Å². The molecule has 1 aliphatic rings. The van der Waals surface area contributed by atoms with Crippen molar-refractivity contribution in [3.63, 3.8) is 0 Å². The maximum Gasteiger partial charge on any atom is 0.401 e. The summed E-state index contributed by atoms with van der Waals surface area (Å²) in [4.78, 5) is 5.69. The molecule has 0 atom stereocenters. The first-order valence-corrected chi connectivity index (χ1v) is 9.33. The lowest BCUT2D eigenvalue weighted by molar-refractivity contribution is -0.148. The number of anilines is 1. The number of benzene rings is 1. The highest BCUT2D eigenvalue weighted by Crippen LogP contribution is 2.29. The average molecular weight is 402 g/mol. The van der Waals surface area contributed by atoms with E-state index in [0.29, 0.717) is 43.0 Å². The lowest BCUT2D eigenvalue weighted by atomic mass is 9.93. The Balaban J connectivity index is 1.75. The van der Waals surface area contributed by atoms with E-state index < -0.39 is 12.7 Å². The molecule has 2 rings (SSSR count). The normalized spacial score (nSPS) is 16.7. The maximum atomic E-state index is 12.5. The first-order valence-electron chi connectivity index (χ1n) is 9.33. The Morgan fingerprint density at radius 1 is 1.18 bits per heavy atom. The summed E-state index contributed by atoms with van der Waals surface area (Å²) in [5.74, 6) is 2.32. The Labute approximate surface area is 164 Å². The van der Waals surface area contributed by atoms with Gasteiger partial charge in [-0.25, -0.2) is 0 Å². The summed E-state index contributed by atoms with van der Waals surface area (Å²) in [6, 6.07) is 5.50. The number of guanidine groups is 1. The SMILES string of the molecule is CN=C(NCCC1CCN(CC(F)(F)F)CC1)Nc1ccc(OC)c(OC)c1. The van der Waals surface area contributed by atoms with Crippen molar-refractivity contribution in [2.24, 2.45) is 10.9 Å². The van der Waals surface area contributed by atoms with E-state index in [1.165, 1.54) is 4.90 Å². The van der Waals surface area contributed by atoms with Crippen LogP contribution in [0.2, 0.25) is 0 Å². The van der Waals surface area contributed by atoms with Crippen LogP contribution in [0.15, 0.2) is 23.2 Å². The summed E-state index contributed by atoms with van der Waals surface area (Å²) >= 11 is 0. The zero-order chi connectivity index (χ0) is 20.6. The Morgan fingerprint density at radius 3 is 2.43 bits per heavy atom. The molecule has 1 saturated heterocycles. The van der Waals surface area contributed by atoms with Gasteiger partial charge in [0.25, 0.3) is 0 Å². The summed E-state index contributed by atoms with van der Waals surface area (Å²) in [6.45, 7) is 0.905. The maximum absolute atomic E-state index is 12.5. The highest BCUT2D eigenvalue weighted by atomic mass is 19.4. The van der Waals surface area contributed by atoms with Gasteiger partial charge in [-0.05, 0) is 50.4 Å². The van der Waals surface area contributed by atoms with Crippen LogP contribution in [0.1, 0.15) is 19.3 Å². The Kier molecular flexibility index (Phi) is 8.22. The van der Waals surface area contributed by atoms with Gasteiger partial charge >= 0.3 is 6.18 Å². The second-order valence-electron chi connectivity index (χ2n) is 6.82. The van der Waals surface area contributed by atoms with Gasteiger partial charge in [0.2, 0.25) is 0 Å². The van der Waals surface area contributed by atoms with Crippen molar-refractivity contribution in [2.45, 2.75) is 25.4 Å². The molecule has 1 aromatic carbocycles. The van der Waals surface area contributed by atoms with Gasteiger partial charge in [-0.3, -0.25) is 9.89 Å². The molecule has 158 valence electrons. The fraction of sp³-hybridized carbons (Fsp3) is 0.632. The molecule has 1 aromatic rings. The van der Waals surface area contributed by atoms with E-state index in [4.69, 9.17) is 9.47 Å². The van der Waals surface area contributed by atoms with Crippen LogP contribution in [0.25, 0.3) is 0 Å². The summed E-state index contributed by atoms with van der Waals surface area (Å²) in [7, 11) is 4.85. The molecule has 0 radical (unpaired) electrons. The molecular weight excluding hydrogens is 373 g/mol. The van der Waals surface area contributed by atoms with Gasteiger partial charge in [-0.1, -0.05) is 0 Å². The Bertz CT molecular complexity index is 645. The monoisotopic (exact) mass is 402 g/mol. The number of hydrogen-bond donors (Lipinski definition) is 2. The minimum absolute atomic E-state index is 0.427. The van der Waals surface area contributed by atoms with Crippen LogP contribution in [0, 0.1) is 5.92 Å². The number of piperidine rings is 1. The largest absolute Gasteiger partial charge is 0.493 e. The molecule has 28 heavy (non-hydrogen) atoms. The number of rotatable bonds is 7. The quantitative estimate of drug-likeness (QED) is 0.541. The third-order valence-electron chi connectivity index (χ3n) is 4.82. The average Bonchev–Trinajstić information content (AvgIpc) is 2.67. The molecule has 0 aliphatic carbocycles. The van der Waals surface area contributed by atoms with E-state index in [9.17, 15) is 13.2 Å². The van der Waals surface area contributed by atoms with Crippen LogP contribution in [0.4, 0.5) is 18.9 Å². The van der Waals surface area contributed by atoms with Crippen molar-refractivity contribution >= 4 is 11.6 Å². The van der Waals surface area contributed by atoms with Crippen molar-refractivity contribution in [3.05, 3.63) is 18.2 Å². The van der Waals surface area contributed by atoms with Gasteiger partial charge < -0.3 is 20.1 Å². The number of ether oxygens (including phenoxy) is 2. The molecule has 6 nitrogen and oxygen atoms in total. The van der Waals surface area contributed by atoms with Crippen molar-refractivity contribution in [3.8, 4) is 11.5 Å². The second-order valence-corrected chi connectivity index (χ2v) is 6.82. The first kappa shape index (κ1) is 22.1. The van der Waals surface area contributed by atoms with E-state index in [2.05, 4.69) is 15.6 Å². The molecule has 0 bridgehead atoms. The molecular formula is C19H29F3N4O2. The minimum atomic E-state index is -4.11. The van der Waals surface area contributed by atoms with Crippen LogP contribution in [-0.2, 0) is 0 Å². The van der Waals surface area contributed by atoms with Gasteiger partial charge in [0.05, 0.1) is 20.8 Å². The molecule has 0 aromatic heterocycles. The van der Waals surface area contributed by atoms with Gasteiger partial charge in [-0.2, -0.15) is 13.2 Å². The van der Waals surface area contributed by atoms with E-state index in [-0.39, 0.29) is 0 Å². The highest BCUT2D eigenvalue weighted by Gasteiger charge is 2.32. The van der Waals surface area contributed by atoms with Crippen molar-refractivity contribution < 1.29 is 22.6 Å². The zero-order valence-electron chi connectivity index (χ0n) is 16.6. The number of alkyl halides is 3. The van der Waals surface area contributed by atoms with Crippen LogP contribution >= 0.6 is 0 Å². The fourth-order valence-corrected chi connectivity index (χ4v) is 3.31. The van der Waals surface area contributed by atoms with Crippen molar-refractivity contribution in [2.75, 3.05) is 52.8 Å². The lowest BCUT2D eigenvalue weighted by Gasteiger charge is -2.32. The van der Waals surface area contributed by atoms with E-state index in [1.54, 1.807) is 21.3 Å². The van der Waals surface area contributed by atoms with Crippen molar-refractivity contribution in [1.82, 2.24) is 10.2 Å². The number of methoxy groups -OCH3 is 2. The second kappa shape index (κ2) is 10.4. The van der Waals surface area contributed by atoms with Gasteiger partial charge in [0, 0.05) is 25.3 Å². The molecule has 0 amide bonds. The summed E-state index contributed by atoms with van der Waals surface area (Å²) < 4.78 is 47.9. The van der Waals surface area contributed by atoms with Crippen LogP contribution in [0.5, 0.6) is 11.5 Å². The minimum Gasteiger partial charge on any atom is -0.493 e. The van der Waals surface area contributed by atoms with E-state index >= 15 is 0 Å². The molecule has 1 fully saturated rings. The number of hydrogen-bond acceptors (Lipinski definition) is 4. The van der Waals surface area contributed by atoms with Gasteiger partial charge in [0.1, 0.15) is 0 Å². The summed E-state index contributed by atoms with van der Waals surface area (Å²) in [6.07, 6.45) is -1.64. The molecule has 0 saturated carbocycles. The third-order valence-corrected chi connectivity index (χ3v) is 4.82. The van der Waals surface area contributed by atoms with E-state index in [0.717, 1.165) is 24.9 Å². The Morgan fingerprint density at radius 2 is 1.86 bits per heavy atom. The predicted molar refractivity (Wildman–Crippen MR) is 104 cm³/mol.